The van der Waals surface area contributed by atoms with Crippen molar-refractivity contribution in [1.82, 2.24) is 4.98 Å². The van der Waals surface area contributed by atoms with Crippen LogP contribution in [0.1, 0.15) is 26.2 Å². The van der Waals surface area contributed by atoms with Crippen molar-refractivity contribution in [3.63, 3.8) is 0 Å². The van der Waals surface area contributed by atoms with Crippen LogP contribution in [0, 0.1) is 0 Å². The number of aromatic nitrogens is 1. The number of hydrogen-bond acceptors (Lipinski definition) is 3. The maximum absolute atomic E-state index is 4.38. The van der Waals surface area contributed by atoms with E-state index in [4.69, 9.17) is 0 Å². The molecule has 0 aromatic carbocycles. The van der Waals surface area contributed by atoms with Gasteiger partial charge in [-0.25, -0.2) is 4.98 Å². The summed E-state index contributed by atoms with van der Waals surface area (Å²) in [4.78, 5) is 7.45. The van der Waals surface area contributed by atoms with E-state index in [0.717, 1.165) is 0 Å². The third-order valence-corrected chi connectivity index (χ3v) is 3.82. The second kappa shape index (κ2) is 4.62. The van der Waals surface area contributed by atoms with Crippen LogP contribution in [0.4, 0.5) is 5.13 Å². The molecule has 2 unspecified atom stereocenters. The Morgan fingerprint density at radius 1 is 1.79 bits per heavy atom. The van der Waals surface area contributed by atoms with Crippen LogP contribution in [0.15, 0.2) is 11.6 Å². The molecule has 14 heavy (non-hydrogen) atoms. The zero-order valence-electron chi connectivity index (χ0n) is 8.32. The third kappa shape index (κ3) is 2.28. The molecule has 1 aliphatic rings. The Morgan fingerprint density at radius 3 is 3.29 bits per heavy atom. The standard InChI is InChI=1S/C10H15BrN2S/c1-8(11)7-9-3-2-5-13(9)10-12-4-6-14-10/h4,6,8-9H,2-3,5,7H2,1H3. The molecule has 4 heteroatoms. The minimum absolute atomic E-state index is 0.605. The average molecular weight is 275 g/mol. The largest absolute Gasteiger partial charge is 0.345 e. The molecule has 0 saturated carbocycles. The van der Waals surface area contributed by atoms with E-state index in [9.17, 15) is 0 Å². The van der Waals surface area contributed by atoms with Gasteiger partial charge in [0.15, 0.2) is 5.13 Å². The smallest absolute Gasteiger partial charge is 0.185 e. The van der Waals surface area contributed by atoms with Crippen molar-refractivity contribution in [3.05, 3.63) is 11.6 Å². The van der Waals surface area contributed by atoms with E-state index in [1.165, 1.54) is 30.9 Å². The lowest BCUT2D eigenvalue weighted by atomic mass is 10.1. The Balaban J connectivity index is 2.04. The molecule has 78 valence electrons. The first-order valence-electron chi connectivity index (χ1n) is 5.07. The van der Waals surface area contributed by atoms with Crippen molar-refractivity contribution in [1.29, 1.82) is 0 Å². The van der Waals surface area contributed by atoms with E-state index in [1.54, 1.807) is 11.3 Å². The van der Waals surface area contributed by atoms with Gasteiger partial charge in [0.1, 0.15) is 0 Å². The van der Waals surface area contributed by atoms with Crippen molar-refractivity contribution in [2.75, 3.05) is 11.4 Å². The van der Waals surface area contributed by atoms with Gasteiger partial charge < -0.3 is 4.90 Å². The van der Waals surface area contributed by atoms with Gasteiger partial charge in [0.2, 0.25) is 0 Å². The lowest BCUT2D eigenvalue weighted by Gasteiger charge is -2.24. The molecule has 0 bridgehead atoms. The number of halogens is 1. The SMILES string of the molecule is CC(Br)CC1CCCN1c1nccs1. The van der Waals surface area contributed by atoms with Crippen LogP contribution in [0.3, 0.4) is 0 Å². The van der Waals surface area contributed by atoms with Crippen LogP contribution >= 0.6 is 27.3 Å². The summed E-state index contributed by atoms with van der Waals surface area (Å²) >= 11 is 5.38. The van der Waals surface area contributed by atoms with E-state index in [1.807, 2.05) is 6.20 Å². The summed E-state index contributed by atoms with van der Waals surface area (Å²) in [5.74, 6) is 0. The lowest BCUT2D eigenvalue weighted by Crippen LogP contribution is -2.30. The number of alkyl halides is 1. The fraction of sp³-hybridized carbons (Fsp3) is 0.700. The Bertz CT molecular complexity index is 274. The highest BCUT2D eigenvalue weighted by molar-refractivity contribution is 9.09. The van der Waals surface area contributed by atoms with Crippen molar-refractivity contribution >= 4 is 32.4 Å². The van der Waals surface area contributed by atoms with E-state index >= 15 is 0 Å². The van der Waals surface area contributed by atoms with Crippen LogP contribution in [0.5, 0.6) is 0 Å². The molecule has 0 N–H and O–H groups in total. The molecular weight excluding hydrogens is 260 g/mol. The van der Waals surface area contributed by atoms with E-state index < -0.39 is 0 Å². The van der Waals surface area contributed by atoms with Crippen molar-refractivity contribution in [3.8, 4) is 0 Å². The van der Waals surface area contributed by atoms with Gasteiger partial charge in [0.05, 0.1) is 0 Å². The molecule has 1 aliphatic heterocycles. The van der Waals surface area contributed by atoms with Crippen LogP contribution in [-0.4, -0.2) is 22.4 Å². The van der Waals surface area contributed by atoms with Gasteiger partial charge in [-0.3, -0.25) is 0 Å². The predicted molar refractivity (Wildman–Crippen MR) is 65.5 cm³/mol. The molecular formula is C10H15BrN2S. The maximum Gasteiger partial charge on any atom is 0.185 e. The molecule has 0 spiro atoms. The zero-order valence-corrected chi connectivity index (χ0v) is 10.7. The Morgan fingerprint density at radius 2 is 2.64 bits per heavy atom. The summed E-state index contributed by atoms with van der Waals surface area (Å²) in [6, 6.07) is 0.690. The number of anilines is 1. The summed E-state index contributed by atoms with van der Waals surface area (Å²) in [5.41, 5.74) is 0. The second-order valence-corrected chi connectivity index (χ2v) is 6.26. The van der Waals surface area contributed by atoms with Crippen LogP contribution in [-0.2, 0) is 0 Å². The van der Waals surface area contributed by atoms with Gasteiger partial charge in [-0.05, 0) is 19.3 Å². The van der Waals surface area contributed by atoms with Gasteiger partial charge in [-0.2, -0.15) is 0 Å². The van der Waals surface area contributed by atoms with Gasteiger partial charge in [-0.1, -0.05) is 22.9 Å². The molecule has 2 rings (SSSR count). The summed E-state index contributed by atoms with van der Waals surface area (Å²) in [6.07, 6.45) is 5.74. The third-order valence-electron chi connectivity index (χ3n) is 2.64. The highest BCUT2D eigenvalue weighted by Crippen LogP contribution is 2.30. The van der Waals surface area contributed by atoms with E-state index in [-0.39, 0.29) is 0 Å². The van der Waals surface area contributed by atoms with Crippen molar-refractivity contribution in [2.45, 2.75) is 37.1 Å². The quantitative estimate of drug-likeness (QED) is 0.787. The van der Waals surface area contributed by atoms with Crippen molar-refractivity contribution < 1.29 is 0 Å². The topological polar surface area (TPSA) is 16.1 Å². The molecule has 0 aliphatic carbocycles. The lowest BCUT2D eigenvalue weighted by molar-refractivity contribution is 0.611. The van der Waals surface area contributed by atoms with Crippen LogP contribution < -0.4 is 4.90 Å². The number of rotatable bonds is 3. The van der Waals surface area contributed by atoms with Crippen LogP contribution in [0.25, 0.3) is 0 Å². The molecule has 1 aromatic heterocycles. The Kier molecular flexibility index (Phi) is 3.44. The summed E-state index contributed by atoms with van der Waals surface area (Å²) in [5, 5.41) is 3.25. The second-order valence-electron chi connectivity index (χ2n) is 3.82. The number of hydrogen-bond donors (Lipinski definition) is 0. The first-order valence-corrected chi connectivity index (χ1v) is 6.87. The van der Waals surface area contributed by atoms with Crippen molar-refractivity contribution in [2.24, 2.45) is 0 Å². The molecule has 1 fully saturated rings. The zero-order chi connectivity index (χ0) is 9.97. The number of nitrogens with zero attached hydrogens (tertiary/aromatic N) is 2. The summed E-state index contributed by atoms with van der Waals surface area (Å²) < 4.78 is 0. The van der Waals surface area contributed by atoms with Gasteiger partial charge in [0, 0.05) is 29.0 Å². The average Bonchev–Trinajstić information content (AvgIpc) is 2.70. The first-order chi connectivity index (χ1) is 6.77. The number of thiazole rings is 1. The van der Waals surface area contributed by atoms with Gasteiger partial charge >= 0.3 is 0 Å². The molecule has 0 radical (unpaired) electrons. The monoisotopic (exact) mass is 274 g/mol. The molecule has 1 saturated heterocycles. The summed E-state index contributed by atoms with van der Waals surface area (Å²) in [6.45, 7) is 3.40. The minimum atomic E-state index is 0.605. The predicted octanol–water partition coefficient (Wildman–Crippen LogP) is 3.29. The summed E-state index contributed by atoms with van der Waals surface area (Å²) in [7, 11) is 0. The highest BCUT2D eigenvalue weighted by Gasteiger charge is 2.26. The maximum atomic E-state index is 4.38. The normalized spacial score (nSPS) is 24.1. The molecule has 2 nitrogen and oxygen atoms in total. The van der Waals surface area contributed by atoms with Crippen LogP contribution in [0.2, 0.25) is 0 Å². The molecule has 0 amide bonds. The van der Waals surface area contributed by atoms with E-state index in [2.05, 4.69) is 38.1 Å². The van der Waals surface area contributed by atoms with E-state index in [0.29, 0.717) is 10.9 Å². The van der Waals surface area contributed by atoms with Gasteiger partial charge in [0.25, 0.3) is 0 Å². The fourth-order valence-corrected chi connectivity index (χ4v) is 3.24. The minimum Gasteiger partial charge on any atom is -0.345 e. The molecule has 2 atom stereocenters. The van der Waals surface area contributed by atoms with Gasteiger partial charge in [-0.15, -0.1) is 11.3 Å². The molecule has 2 heterocycles. The Labute approximate surface area is 97.5 Å². The Hall–Kier alpha value is -0.0900. The first kappa shape index (κ1) is 10.4. The molecule has 1 aromatic rings. The fourth-order valence-electron chi connectivity index (χ4n) is 2.07. The highest BCUT2D eigenvalue weighted by atomic mass is 79.9.